The first-order valence-corrected chi connectivity index (χ1v) is 9.98. The number of aromatic nitrogens is 1. The van der Waals surface area contributed by atoms with Gasteiger partial charge in [-0.2, -0.15) is 0 Å². The van der Waals surface area contributed by atoms with E-state index in [0.29, 0.717) is 12.5 Å². The van der Waals surface area contributed by atoms with Gasteiger partial charge in [0.25, 0.3) is 0 Å². The molecule has 1 aromatic heterocycles. The number of hydrogen-bond acceptors (Lipinski definition) is 3. The van der Waals surface area contributed by atoms with Gasteiger partial charge in [-0.25, -0.2) is 0 Å². The molecule has 1 unspecified atom stereocenters. The molecule has 0 aliphatic carbocycles. The Balaban J connectivity index is 0.00000320. The van der Waals surface area contributed by atoms with Crippen LogP contribution in [0.25, 0.3) is 0 Å². The second-order valence-corrected chi connectivity index (χ2v) is 6.77. The van der Waals surface area contributed by atoms with Crippen molar-refractivity contribution in [3.63, 3.8) is 0 Å². The number of aliphatic hydroxyl groups is 1. The summed E-state index contributed by atoms with van der Waals surface area (Å²) in [6, 6.07) is 24.5. The molecule has 3 rings (SSSR count). The summed E-state index contributed by atoms with van der Waals surface area (Å²) in [5, 5.41) is 17.1. The highest BCUT2D eigenvalue weighted by Crippen LogP contribution is 2.23. The lowest BCUT2D eigenvalue weighted by Gasteiger charge is -2.21. The normalized spacial score (nSPS) is 12.2. The summed E-state index contributed by atoms with van der Waals surface area (Å²) in [6.07, 6.45) is 2.69. The predicted molar refractivity (Wildman–Crippen MR) is 133 cm³/mol. The maximum absolute atomic E-state index is 10.4. The van der Waals surface area contributed by atoms with E-state index in [4.69, 9.17) is 0 Å². The van der Waals surface area contributed by atoms with E-state index >= 15 is 0 Å². The Hall–Kier alpha value is -2.45. The van der Waals surface area contributed by atoms with Gasteiger partial charge in [-0.15, -0.1) is 24.0 Å². The van der Waals surface area contributed by atoms with Gasteiger partial charge in [0.1, 0.15) is 0 Å². The molecular formula is C24H29IN4O. The fourth-order valence-corrected chi connectivity index (χ4v) is 3.21. The molecule has 3 N–H and O–H groups in total. The lowest BCUT2D eigenvalue weighted by Crippen LogP contribution is -2.39. The molecule has 1 heterocycles. The number of nitrogens with one attached hydrogen (secondary N) is 2. The predicted octanol–water partition coefficient (Wildman–Crippen LogP) is 4.12. The third-order valence-electron chi connectivity index (χ3n) is 4.73. The quantitative estimate of drug-likeness (QED) is 0.240. The van der Waals surface area contributed by atoms with Gasteiger partial charge in [0.2, 0.25) is 0 Å². The molecule has 0 aliphatic rings. The van der Waals surface area contributed by atoms with Gasteiger partial charge in [-0.05, 0) is 35.7 Å². The van der Waals surface area contributed by atoms with Crippen molar-refractivity contribution in [2.75, 3.05) is 19.6 Å². The van der Waals surface area contributed by atoms with Crippen molar-refractivity contribution < 1.29 is 5.11 Å². The van der Waals surface area contributed by atoms with Crippen LogP contribution in [0.3, 0.4) is 0 Å². The summed E-state index contributed by atoms with van der Waals surface area (Å²) in [5.74, 6) is 0.892. The van der Waals surface area contributed by atoms with Gasteiger partial charge < -0.3 is 15.7 Å². The van der Waals surface area contributed by atoms with Crippen molar-refractivity contribution in [2.45, 2.75) is 18.9 Å². The van der Waals surface area contributed by atoms with Crippen molar-refractivity contribution in [2.24, 2.45) is 4.99 Å². The third-order valence-corrected chi connectivity index (χ3v) is 4.73. The molecule has 158 valence electrons. The molecule has 0 saturated heterocycles. The smallest absolute Gasteiger partial charge is 0.191 e. The highest BCUT2D eigenvalue weighted by molar-refractivity contribution is 14.0. The van der Waals surface area contributed by atoms with E-state index in [1.54, 1.807) is 24.5 Å². The average Bonchev–Trinajstić information content (AvgIpc) is 2.79. The molecule has 0 saturated carbocycles. The molecule has 3 aromatic rings. The number of hydrogen-bond donors (Lipinski definition) is 3. The van der Waals surface area contributed by atoms with Gasteiger partial charge in [0.05, 0.1) is 12.6 Å². The van der Waals surface area contributed by atoms with Crippen LogP contribution in [0.4, 0.5) is 0 Å². The number of benzene rings is 2. The standard InChI is InChI=1S/C24H28N4O.HI/c1-2-26-24(28-18-23(29)21-13-15-25-16-14-21)27-17-22(19-9-5-3-6-10-19)20-11-7-4-8-12-20;/h3-16,22-23,29H,2,17-18H2,1H3,(H2,26,27,28);1H. The maximum Gasteiger partial charge on any atom is 0.191 e. The van der Waals surface area contributed by atoms with Gasteiger partial charge in [0, 0.05) is 31.4 Å². The number of aliphatic hydroxyl groups excluding tert-OH is 1. The van der Waals surface area contributed by atoms with Crippen molar-refractivity contribution in [1.29, 1.82) is 0 Å². The van der Waals surface area contributed by atoms with Crippen molar-refractivity contribution in [1.82, 2.24) is 15.6 Å². The first-order valence-electron chi connectivity index (χ1n) is 9.98. The molecular weight excluding hydrogens is 487 g/mol. The van der Waals surface area contributed by atoms with Gasteiger partial charge in [-0.1, -0.05) is 60.7 Å². The van der Waals surface area contributed by atoms with E-state index in [0.717, 1.165) is 12.1 Å². The van der Waals surface area contributed by atoms with Crippen LogP contribution in [0.5, 0.6) is 0 Å². The van der Waals surface area contributed by atoms with Crippen LogP contribution in [0.1, 0.15) is 35.6 Å². The van der Waals surface area contributed by atoms with E-state index in [2.05, 4.69) is 69.1 Å². The monoisotopic (exact) mass is 516 g/mol. The SMILES string of the molecule is CCNC(=NCC(O)c1ccncc1)NCC(c1ccccc1)c1ccccc1.I. The van der Waals surface area contributed by atoms with E-state index in [-0.39, 0.29) is 36.4 Å². The van der Waals surface area contributed by atoms with Crippen LogP contribution in [-0.2, 0) is 0 Å². The summed E-state index contributed by atoms with van der Waals surface area (Å²) >= 11 is 0. The fraction of sp³-hybridized carbons (Fsp3) is 0.250. The Morgan fingerprint density at radius 1 is 0.867 bits per heavy atom. The number of guanidine groups is 1. The van der Waals surface area contributed by atoms with Crippen molar-refractivity contribution >= 4 is 29.9 Å². The molecule has 0 aliphatic heterocycles. The number of nitrogens with zero attached hydrogens (tertiary/aromatic N) is 2. The van der Waals surface area contributed by atoms with Crippen LogP contribution >= 0.6 is 24.0 Å². The van der Waals surface area contributed by atoms with E-state index < -0.39 is 6.10 Å². The van der Waals surface area contributed by atoms with Gasteiger partial charge in [-0.3, -0.25) is 9.98 Å². The number of pyridine rings is 1. The average molecular weight is 516 g/mol. The maximum atomic E-state index is 10.4. The second kappa shape index (κ2) is 13.0. The molecule has 0 amide bonds. The zero-order valence-corrected chi connectivity index (χ0v) is 19.4. The minimum absolute atomic E-state index is 0. The third kappa shape index (κ3) is 7.11. The molecule has 0 bridgehead atoms. The van der Waals surface area contributed by atoms with Gasteiger partial charge >= 0.3 is 0 Å². The van der Waals surface area contributed by atoms with Crippen molar-refractivity contribution in [3.8, 4) is 0 Å². The highest BCUT2D eigenvalue weighted by Gasteiger charge is 2.15. The Morgan fingerprint density at radius 2 is 1.43 bits per heavy atom. The van der Waals surface area contributed by atoms with Crippen molar-refractivity contribution in [3.05, 3.63) is 102 Å². The minimum atomic E-state index is -0.660. The summed E-state index contributed by atoms with van der Waals surface area (Å²) in [7, 11) is 0. The molecule has 0 radical (unpaired) electrons. The molecule has 1 atom stereocenters. The van der Waals surface area contributed by atoms with Crippen LogP contribution in [0.15, 0.2) is 90.2 Å². The number of rotatable bonds is 8. The van der Waals surface area contributed by atoms with Crippen LogP contribution in [0.2, 0.25) is 0 Å². The first-order chi connectivity index (χ1) is 14.3. The second-order valence-electron chi connectivity index (χ2n) is 6.77. The Kier molecular flexibility index (Phi) is 10.3. The molecule has 0 spiro atoms. The lowest BCUT2D eigenvalue weighted by molar-refractivity contribution is 0.187. The van der Waals surface area contributed by atoms with Crippen LogP contribution in [0, 0.1) is 0 Å². The lowest BCUT2D eigenvalue weighted by atomic mass is 9.91. The Labute approximate surface area is 195 Å². The highest BCUT2D eigenvalue weighted by atomic mass is 127. The Morgan fingerprint density at radius 3 is 1.97 bits per heavy atom. The van der Waals surface area contributed by atoms with Crippen LogP contribution < -0.4 is 10.6 Å². The summed E-state index contributed by atoms with van der Waals surface area (Å²) in [4.78, 5) is 8.56. The molecule has 6 heteroatoms. The molecule has 30 heavy (non-hydrogen) atoms. The summed E-state index contributed by atoms with van der Waals surface area (Å²) in [6.45, 7) is 3.76. The van der Waals surface area contributed by atoms with Crippen LogP contribution in [-0.4, -0.2) is 35.7 Å². The van der Waals surface area contributed by atoms with E-state index in [1.807, 2.05) is 19.1 Å². The number of halogens is 1. The zero-order chi connectivity index (χ0) is 20.3. The van der Waals surface area contributed by atoms with E-state index in [9.17, 15) is 5.11 Å². The first kappa shape index (κ1) is 23.8. The van der Waals surface area contributed by atoms with E-state index in [1.165, 1.54) is 11.1 Å². The van der Waals surface area contributed by atoms with Gasteiger partial charge in [0.15, 0.2) is 5.96 Å². The topological polar surface area (TPSA) is 69.5 Å². The number of aliphatic imine (C=N–C) groups is 1. The summed E-state index contributed by atoms with van der Waals surface area (Å²) < 4.78 is 0. The fourth-order valence-electron chi connectivity index (χ4n) is 3.21. The Bertz CT molecular complexity index is 836. The summed E-state index contributed by atoms with van der Waals surface area (Å²) in [5.41, 5.74) is 3.31. The molecule has 0 fully saturated rings. The largest absolute Gasteiger partial charge is 0.386 e. The molecule has 5 nitrogen and oxygen atoms in total. The zero-order valence-electron chi connectivity index (χ0n) is 17.1. The minimum Gasteiger partial charge on any atom is -0.386 e. The molecule has 2 aromatic carbocycles.